The number of carbonyl (C=O) groups is 2. The van der Waals surface area contributed by atoms with Gasteiger partial charge in [-0.25, -0.2) is 0 Å². The van der Waals surface area contributed by atoms with E-state index in [0.717, 1.165) is 5.56 Å². The van der Waals surface area contributed by atoms with Crippen molar-refractivity contribution in [3.05, 3.63) is 60.0 Å². The molecule has 1 atom stereocenters. The van der Waals surface area contributed by atoms with Crippen molar-refractivity contribution in [2.24, 2.45) is 0 Å². The molecule has 0 saturated carbocycles. The van der Waals surface area contributed by atoms with Gasteiger partial charge in [-0.2, -0.15) is 10.4 Å². The van der Waals surface area contributed by atoms with E-state index in [1.807, 2.05) is 30.5 Å². The van der Waals surface area contributed by atoms with E-state index in [4.69, 9.17) is 5.26 Å². The van der Waals surface area contributed by atoms with E-state index in [1.165, 1.54) is 16.7 Å². The maximum absolute atomic E-state index is 12.8. The smallest absolute Gasteiger partial charge is 0.252 e. The van der Waals surface area contributed by atoms with Crippen LogP contribution in [-0.4, -0.2) is 55.7 Å². The molecule has 3 heterocycles. The molecule has 2 aromatic heterocycles. The highest BCUT2D eigenvalue weighted by Gasteiger charge is 2.29. The van der Waals surface area contributed by atoms with Crippen LogP contribution < -0.4 is 5.32 Å². The van der Waals surface area contributed by atoms with Crippen LogP contribution >= 0.6 is 11.8 Å². The van der Waals surface area contributed by atoms with Crippen LogP contribution in [0.1, 0.15) is 15.9 Å². The summed E-state index contributed by atoms with van der Waals surface area (Å²) in [7, 11) is 0. The van der Waals surface area contributed by atoms with Crippen LogP contribution in [0, 0.1) is 11.3 Å². The zero-order chi connectivity index (χ0) is 20.2. The Morgan fingerprint density at radius 3 is 3.00 bits per heavy atom. The molecule has 0 spiro atoms. The van der Waals surface area contributed by atoms with E-state index in [-0.39, 0.29) is 18.4 Å². The molecule has 1 fully saturated rings. The van der Waals surface area contributed by atoms with Gasteiger partial charge in [-0.15, -0.1) is 11.8 Å². The molecule has 8 nitrogen and oxygen atoms in total. The summed E-state index contributed by atoms with van der Waals surface area (Å²) in [5.41, 5.74) is 2.15. The van der Waals surface area contributed by atoms with Crippen molar-refractivity contribution in [2.45, 2.75) is 12.6 Å². The second kappa shape index (κ2) is 8.32. The normalized spacial score (nSPS) is 16.0. The molecule has 1 aliphatic heterocycles. The maximum atomic E-state index is 12.8. The summed E-state index contributed by atoms with van der Waals surface area (Å²) in [5, 5.41) is 16.7. The summed E-state index contributed by atoms with van der Waals surface area (Å²) < 4.78 is 1.80. The lowest BCUT2D eigenvalue weighted by atomic mass is 10.1. The Balaban J connectivity index is 1.51. The number of hydrogen-bond donors (Lipinski definition) is 1. The highest BCUT2D eigenvalue weighted by Crippen LogP contribution is 2.21. The summed E-state index contributed by atoms with van der Waals surface area (Å²) in [6.45, 7) is 0.438. The van der Waals surface area contributed by atoms with Gasteiger partial charge in [0.1, 0.15) is 6.04 Å². The zero-order valence-electron chi connectivity index (χ0n) is 15.5. The highest BCUT2D eigenvalue weighted by molar-refractivity contribution is 7.99. The van der Waals surface area contributed by atoms with Gasteiger partial charge >= 0.3 is 0 Å². The number of amides is 2. The predicted octanol–water partition coefficient (Wildman–Crippen LogP) is 1.63. The molecule has 29 heavy (non-hydrogen) atoms. The van der Waals surface area contributed by atoms with Crippen molar-refractivity contribution in [3.8, 4) is 6.07 Å². The molecule has 3 aromatic rings. The summed E-state index contributed by atoms with van der Waals surface area (Å²) in [6, 6.07) is 10.9. The number of thioether (sulfide) groups is 1. The van der Waals surface area contributed by atoms with Gasteiger partial charge in [-0.1, -0.05) is 6.07 Å². The molecule has 0 bridgehead atoms. The van der Waals surface area contributed by atoms with Crippen molar-refractivity contribution in [2.75, 3.05) is 18.2 Å². The fourth-order valence-electron chi connectivity index (χ4n) is 3.22. The van der Waals surface area contributed by atoms with Crippen molar-refractivity contribution in [3.63, 3.8) is 0 Å². The predicted molar refractivity (Wildman–Crippen MR) is 109 cm³/mol. The third kappa shape index (κ3) is 4.07. The van der Waals surface area contributed by atoms with Crippen LogP contribution in [0.2, 0.25) is 0 Å². The lowest BCUT2D eigenvalue weighted by Gasteiger charge is -2.18. The van der Waals surface area contributed by atoms with Crippen LogP contribution in [0.3, 0.4) is 0 Å². The minimum Gasteiger partial charge on any atom is -0.343 e. The van der Waals surface area contributed by atoms with Crippen LogP contribution in [0.15, 0.2) is 48.9 Å². The molecule has 1 N–H and O–H groups in total. The number of nitriles is 1. The molecule has 1 aliphatic rings. The molecule has 1 saturated heterocycles. The summed E-state index contributed by atoms with van der Waals surface area (Å²) in [4.78, 5) is 31.0. The first-order chi connectivity index (χ1) is 14.2. The number of rotatable bonds is 5. The van der Waals surface area contributed by atoms with Crippen molar-refractivity contribution in [1.82, 2.24) is 25.0 Å². The number of aromatic nitrogens is 3. The number of pyridine rings is 1. The minimum atomic E-state index is -0.434. The number of nitrogens with zero attached hydrogens (tertiary/aromatic N) is 5. The van der Waals surface area contributed by atoms with Gasteiger partial charge in [0.15, 0.2) is 0 Å². The number of carbonyl (C=O) groups excluding carboxylic acids is 2. The average molecular weight is 406 g/mol. The molecule has 0 aliphatic carbocycles. The number of hydrogen-bond acceptors (Lipinski definition) is 6. The monoisotopic (exact) mass is 406 g/mol. The summed E-state index contributed by atoms with van der Waals surface area (Å²) in [5.74, 6) is 0.474. The molecule has 1 unspecified atom stereocenters. The molecular weight excluding hydrogens is 388 g/mol. The Hall–Kier alpha value is -3.38. The topological polar surface area (TPSA) is 104 Å². The van der Waals surface area contributed by atoms with E-state index in [9.17, 15) is 9.59 Å². The highest BCUT2D eigenvalue weighted by atomic mass is 32.2. The number of nitrogens with one attached hydrogen (secondary N) is 1. The van der Waals surface area contributed by atoms with Gasteiger partial charge in [-0.3, -0.25) is 19.3 Å². The molecular formula is C20H18N6O2S. The van der Waals surface area contributed by atoms with Gasteiger partial charge in [0.2, 0.25) is 5.91 Å². The summed E-state index contributed by atoms with van der Waals surface area (Å²) >= 11 is 1.53. The molecule has 0 radical (unpaired) electrons. The Morgan fingerprint density at radius 1 is 1.31 bits per heavy atom. The third-order valence-electron chi connectivity index (χ3n) is 4.71. The van der Waals surface area contributed by atoms with Gasteiger partial charge in [0.05, 0.1) is 36.1 Å². The lowest BCUT2D eigenvalue weighted by molar-refractivity contribution is -0.129. The van der Waals surface area contributed by atoms with Crippen LogP contribution in [-0.2, 0) is 11.3 Å². The standard InChI is InChI=1S/C20H18N6O2S/c21-9-15-12-29-13-26(15)19(27)10-23-20(28)16-4-6-22-18-3-2-14(8-17(16)18)11-25-7-1-5-24-25/h1-8,15H,10-13H2,(H,23,28). The van der Waals surface area contributed by atoms with E-state index < -0.39 is 6.04 Å². The maximum Gasteiger partial charge on any atom is 0.252 e. The Kier molecular flexibility index (Phi) is 5.44. The summed E-state index contributed by atoms with van der Waals surface area (Å²) in [6.07, 6.45) is 5.17. The van der Waals surface area contributed by atoms with E-state index >= 15 is 0 Å². The van der Waals surface area contributed by atoms with Crippen molar-refractivity contribution in [1.29, 1.82) is 5.26 Å². The van der Waals surface area contributed by atoms with Crippen molar-refractivity contribution >= 4 is 34.5 Å². The molecule has 9 heteroatoms. The Morgan fingerprint density at radius 2 is 2.21 bits per heavy atom. The zero-order valence-corrected chi connectivity index (χ0v) is 16.3. The fraction of sp³-hybridized carbons (Fsp3) is 0.250. The third-order valence-corrected chi connectivity index (χ3v) is 5.72. The van der Waals surface area contributed by atoms with Gasteiger partial charge in [0.25, 0.3) is 5.91 Å². The quantitative estimate of drug-likeness (QED) is 0.691. The molecule has 1 aromatic carbocycles. The lowest BCUT2D eigenvalue weighted by Crippen LogP contribution is -2.42. The van der Waals surface area contributed by atoms with Gasteiger partial charge in [0, 0.05) is 29.7 Å². The van der Waals surface area contributed by atoms with E-state index in [2.05, 4.69) is 21.5 Å². The van der Waals surface area contributed by atoms with E-state index in [0.29, 0.717) is 34.6 Å². The van der Waals surface area contributed by atoms with E-state index in [1.54, 1.807) is 23.1 Å². The fourth-order valence-corrected chi connectivity index (χ4v) is 4.32. The number of fused-ring (bicyclic) bond motifs is 1. The largest absolute Gasteiger partial charge is 0.343 e. The molecule has 2 amide bonds. The Labute approximate surface area is 171 Å². The van der Waals surface area contributed by atoms with Crippen molar-refractivity contribution < 1.29 is 9.59 Å². The minimum absolute atomic E-state index is 0.144. The first-order valence-corrected chi connectivity index (χ1v) is 10.2. The van der Waals surface area contributed by atoms with Crippen LogP contribution in [0.5, 0.6) is 0 Å². The molecule has 146 valence electrons. The second-order valence-corrected chi connectivity index (χ2v) is 7.60. The van der Waals surface area contributed by atoms with Crippen LogP contribution in [0.4, 0.5) is 0 Å². The molecule has 4 rings (SSSR count). The SMILES string of the molecule is N#CC1CSCN1C(=O)CNC(=O)c1ccnc2ccc(Cn3cccn3)cc12. The Bertz CT molecular complexity index is 1090. The van der Waals surface area contributed by atoms with Gasteiger partial charge < -0.3 is 10.2 Å². The van der Waals surface area contributed by atoms with Crippen LogP contribution in [0.25, 0.3) is 10.9 Å². The number of benzene rings is 1. The van der Waals surface area contributed by atoms with Gasteiger partial charge in [-0.05, 0) is 29.8 Å². The average Bonchev–Trinajstić information content (AvgIpc) is 3.43. The first-order valence-electron chi connectivity index (χ1n) is 9.06. The first kappa shape index (κ1) is 19.0. The second-order valence-electron chi connectivity index (χ2n) is 6.60.